The van der Waals surface area contributed by atoms with Gasteiger partial charge in [0.15, 0.2) is 0 Å². The molecule has 0 saturated carbocycles. The summed E-state index contributed by atoms with van der Waals surface area (Å²) in [5.74, 6) is -0.255. The van der Waals surface area contributed by atoms with Crippen LogP contribution in [0.2, 0.25) is 0 Å². The monoisotopic (exact) mass is 495 g/mol. The lowest BCUT2D eigenvalue weighted by Crippen LogP contribution is -2.41. The van der Waals surface area contributed by atoms with Crippen molar-refractivity contribution in [3.05, 3.63) is 77.1 Å². The summed E-state index contributed by atoms with van der Waals surface area (Å²) in [5, 5.41) is 12.4. The van der Waals surface area contributed by atoms with Gasteiger partial charge in [-0.1, -0.05) is 29.8 Å². The van der Waals surface area contributed by atoms with Crippen molar-refractivity contribution in [2.75, 3.05) is 5.32 Å². The average Bonchev–Trinajstić information content (AvgIpc) is 3.06. The number of aromatic nitrogens is 1. The zero-order valence-corrected chi connectivity index (χ0v) is 22.9. The Kier molecular flexibility index (Phi) is 6.79. The SMILES string of the molecule is Cc1cc(B2OC(C)(C)C(C)(C)O2)cc(-c2cc(NC(=O)c3ccnc(C(C)(C)C#N)c3)ccc2C)c1. The molecule has 0 spiro atoms. The maximum absolute atomic E-state index is 13.1. The maximum Gasteiger partial charge on any atom is 0.494 e. The lowest BCUT2D eigenvalue weighted by Gasteiger charge is -2.32. The third-order valence-corrected chi connectivity index (χ3v) is 7.37. The molecule has 6 nitrogen and oxygen atoms in total. The number of hydrogen-bond donors (Lipinski definition) is 1. The fraction of sp³-hybridized carbons (Fsp3) is 0.367. The molecule has 1 N–H and O–H groups in total. The van der Waals surface area contributed by atoms with Crippen molar-refractivity contribution in [3.8, 4) is 17.2 Å². The highest BCUT2D eigenvalue weighted by molar-refractivity contribution is 6.62. The third-order valence-electron chi connectivity index (χ3n) is 7.37. The minimum atomic E-state index is -0.784. The zero-order valence-electron chi connectivity index (χ0n) is 22.9. The van der Waals surface area contributed by atoms with Crippen LogP contribution in [0, 0.1) is 25.2 Å². The van der Waals surface area contributed by atoms with Gasteiger partial charge in [-0.2, -0.15) is 5.26 Å². The van der Waals surface area contributed by atoms with Gasteiger partial charge in [0.1, 0.15) is 0 Å². The molecule has 0 atom stereocenters. The van der Waals surface area contributed by atoms with E-state index in [1.54, 1.807) is 32.2 Å². The third kappa shape index (κ3) is 5.32. The fourth-order valence-corrected chi connectivity index (χ4v) is 4.27. The molecule has 0 unspecified atom stereocenters. The van der Waals surface area contributed by atoms with Crippen LogP contribution in [0.5, 0.6) is 0 Å². The summed E-state index contributed by atoms with van der Waals surface area (Å²) in [6, 6.07) is 17.7. The molecular weight excluding hydrogens is 461 g/mol. The number of rotatable bonds is 5. The molecule has 37 heavy (non-hydrogen) atoms. The molecule has 1 saturated heterocycles. The van der Waals surface area contributed by atoms with Gasteiger partial charge < -0.3 is 14.6 Å². The average molecular weight is 495 g/mol. The van der Waals surface area contributed by atoms with Gasteiger partial charge in [0.05, 0.1) is 28.4 Å². The van der Waals surface area contributed by atoms with Crippen LogP contribution >= 0.6 is 0 Å². The predicted octanol–water partition coefficient (Wildman–Crippen LogP) is 5.72. The van der Waals surface area contributed by atoms with E-state index in [0.717, 1.165) is 27.7 Å². The topological polar surface area (TPSA) is 84.2 Å². The first kappa shape index (κ1) is 26.6. The molecule has 1 aromatic heterocycles. The van der Waals surface area contributed by atoms with E-state index in [1.165, 1.54) is 0 Å². The van der Waals surface area contributed by atoms with Crippen molar-refractivity contribution in [1.82, 2.24) is 4.98 Å². The highest BCUT2D eigenvalue weighted by Crippen LogP contribution is 2.37. The number of benzene rings is 2. The summed E-state index contributed by atoms with van der Waals surface area (Å²) < 4.78 is 12.6. The van der Waals surface area contributed by atoms with Crippen molar-refractivity contribution >= 4 is 24.2 Å². The van der Waals surface area contributed by atoms with E-state index < -0.39 is 23.7 Å². The molecule has 0 bridgehead atoms. The molecule has 0 radical (unpaired) electrons. The van der Waals surface area contributed by atoms with Gasteiger partial charge in [-0.25, -0.2) is 0 Å². The molecule has 1 aliphatic heterocycles. The van der Waals surface area contributed by atoms with Gasteiger partial charge in [0, 0.05) is 17.4 Å². The number of carbonyl (C=O) groups is 1. The van der Waals surface area contributed by atoms with Gasteiger partial charge in [0.2, 0.25) is 0 Å². The van der Waals surface area contributed by atoms with Crippen molar-refractivity contribution in [1.29, 1.82) is 5.26 Å². The molecule has 1 amide bonds. The molecule has 2 heterocycles. The molecule has 0 aliphatic carbocycles. The van der Waals surface area contributed by atoms with E-state index in [9.17, 15) is 10.1 Å². The van der Waals surface area contributed by atoms with E-state index in [4.69, 9.17) is 9.31 Å². The number of nitrogens with zero attached hydrogens (tertiary/aromatic N) is 2. The Morgan fingerprint density at radius 2 is 1.68 bits per heavy atom. The molecule has 2 aromatic carbocycles. The lowest BCUT2D eigenvalue weighted by atomic mass is 9.77. The van der Waals surface area contributed by atoms with Crippen LogP contribution in [0.25, 0.3) is 11.1 Å². The standard InChI is InChI=1S/C30H34BN3O3/c1-19-13-22(15-23(14-19)31-36-29(5,6)30(7,8)37-31)25-17-24(10-9-20(25)2)34-27(35)21-11-12-33-26(16-21)28(3,4)18-32/h9-17H,1-8H3,(H,34,35). The Bertz CT molecular complexity index is 1390. The molecule has 7 heteroatoms. The van der Waals surface area contributed by atoms with Crippen LogP contribution in [0.4, 0.5) is 5.69 Å². The minimum absolute atomic E-state index is 0.255. The van der Waals surface area contributed by atoms with Crippen LogP contribution in [-0.4, -0.2) is 29.2 Å². The Morgan fingerprint density at radius 1 is 1.00 bits per heavy atom. The summed E-state index contributed by atoms with van der Waals surface area (Å²) in [7, 11) is -0.453. The Morgan fingerprint density at radius 3 is 2.32 bits per heavy atom. The predicted molar refractivity (Wildman–Crippen MR) is 148 cm³/mol. The van der Waals surface area contributed by atoms with E-state index in [-0.39, 0.29) is 5.91 Å². The number of nitrogens with one attached hydrogen (secondary N) is 1. The first-order chi connectivity index (χ1) is 17.2. The smallest absolute Gasteiger partial charge is 0.399 e. The van der Waals surface area contributed by atoms with E-state index in [2.05, 4.69) is 48.4 Å². The first-order valence-electron chi connectivity index (χ1n) is 12.5. The number of anilines is 1. The second-order valence-electron chi connectivity index (χ2n) is 11.4. The Labute approximate surface area is 220 Å². The highest BCUT2D eigenvalue weighted by Gasteiger charge is 2.51. The molecule has 1 aliphatic rings. The van der Waals surface area contributed by atoms with Crippen molar-refractivity contribution in [2.45, 2.75) is 72.0 Å². The zero-order chi connectivity index (χ0) is 27.2. The molecule has 1 fully saturated rings. The molecular formula is C30H34BN3O3. The maximum atomic E-state index is 13.1. The fourth-order valence-electron chi connectivity index (χ4n) is 4.27. The lowest BCUT2D eigenvalue weighted by molar-refractivity contribution is 0.00578. The number of amides is 1. The largest absolute Gasteiger partial charge is 0.494 e. The van der Waals surface area contributed by atoms with E-state index >= 15 is 0 Å². The van der Waals surface area contributed by atoms with Crippen molar-refractivity contribution in [3.63, 3.8) is 0 Å². The van der Waals surface area contributed by atoms with Crippen LogP contribution in [0.15, 0.2) is 54.7 Å². The number of carbonyl (C=O) groups excluding carboxylic acids is 1. The molecule has 3 aromatic rings. The number of nitriles is 1. The molecule has 190 valence electrons. The summed E-state index contributed by atoms with van der Waals surface area (Å²) in [5.41, 5.74) is 5.26. The van der Waals surface area contributed by atoms with Crippen LogP contribution in [-0.2, 0) is 14.7 Å². The van der Waals surface area contributed by atoms with Crippen LogP contribution in [0.3, 0.4) is 0 Å². The minimum Gasteiger partial charge on any atom is -0.399 e. The normalized spacial score (nSPS) is 16.4. The van der Waals surface area contributed by atoms with Crippen molar-refractivity contribution < 1.29 is 14.1 Å². The second-order valence-corrected chi connectivity index (χ2v) is 11.4. The van der Waals surface area contributed by atoms with E-state index in [1.807, 2.05) is 45.9 Å². The van der Waals surface area contributed by atoms with Gasteiger partial charge in [-0.3, -0.25) is 9.78 Å². The van der Waals surface area contributed by atoms with Crippen LogP contribution < -0.4 is 10.8 Å². The summed E-state index contributed by atoms with van der Waals surface area (Å²) in [6.07, 6.45) is 1.56. The van der Waals surface area contributed by atoms with Gasteiger partial charge in [-0.15, -0.1) is 0 Å². The van der Waals surface area contributed by atoms with E-state index in [0.29, 0.717) is 16.9 Å². The number of pyridine rings is 1. The summed E-state index contributed by atoms with van der Waals surface area (Å²) >= 11 is 0. The van der Waals surface area contributed by atoms with Gasteiger partial charge >= 0.3 is 7.12 Å². The number of aryl methyl sites for hydroxylation is 2. The van der Waals surface area contributed by atoms with Crippen molar-refractivity contribution in [2.24, 2.45) is 0 Å². The quantitative estimate of drug-likeness (QED) is 0.458. The van der Waals surface area contributed by atoms with Gasteiger partial charge in [0.25, 0.3) is 5.91 Å². The second kappa shape index (κ2) is 9.44. The highest BCUT2D eigenvalue weighted by atomic mass is 16.7. The first-order valence-corrected chi connectivity index (χ1v) is 12.5. The number of hydrogen-bond acceptors (Lipinski definition) is 5. The summed E-state index contributed by atoms with van der Waals surface area (Å²) in [6.45, 7) is 15.9. The summed E-state index contributed by atoms with van der Waals surface area (Å²) in [4.78, 5) is 17.3. The van der Waals surface area contributed by atoms with Crippen LogP contribution in [0.1, 0.15) is 68.7 Å². The Hall–Kier alpha value is -3.47. The van der Waals surface area contributed by atoms with Gasteiger partial charge in [-0.05, 0) is 102 Å². The molecule has 4 rings (SSSR count). The Balaban J connectivity index is 1.63.